The number of carbonyl (C=O) groups excluding carboxylic acids is 2. The van der Waals surface area contributed by atoms with Crippen molar-refractivity contribution >= 4 is 11.9 Å². The monoisotopic (exact) mass is 351 g/mol. The van der Waals surface area contributed by atoms with E-state index in [9.17, 15) is 9.59 Å². The van der Waals surface area contributed by atoms with Crippen molar-refractivity contribution in [2.45, 2.75) is 51.2 Å². The molecule has 2 aliphatic carbocycles. The van der Waals surface area contributed by atoms with Gasteiger partial charge in [-0.25, -0.2) is 0 Å². The molecule has 0 aromatic carbocycles. The lowest BCUT2D eigenvalue weighted by molar-refractivity contribution is -0.167. The van der Waals surface area contributed by atoms with Crippen LogP contribution < -0.4 is 0 Å². The van der Waals surface area contributed by atoms with Crippen LogP contribution in [-0.4, -0.2) is 61.9 Å². The van der Waals surface area contributed by atoms with Gasteiger partial charge in [0.1, 0.15) is 12.2 Å². The third-order valence-electron chi connectivity index (χ3n) is 6.66. The van der Waals surface area contributed by atoms with Gasteiger partial charge < -0.3 is 14.2 Å². The normalized spacial score (nSPS) is 41.6. The van der Waals surface area contributed by atoms with E-state index in [1.807, 2.05) is 6.92 Å². The van der Waals surface area contributed by atoms with E-state index in [1.54, 1.807) is 0 Å². The zero-order valence-electron chi connectivity index (χ0n) is 15.0. The molecule has 0 unspecified atom stereocenters. The molecule has 0 aromatic heterocycles. The Balaban J connectivity index is 1.47. The molecule has 0 radical (unpaired) electrons. The van der Waals surface area contributed by atoms with Crippen molar-refractivity contribution in [2.75, 3.05) is 32.8 Å². The van der Waals surface area contributed by atoms with Gasteiger partial charge in [0.05, 0.1) is 25.7 Å². The Morgan fingerprint density at radius 3 is 2.80 bits per heavy atom. The standard InChI is InChI=1S/C19H29NO5/c1-12-17-15(19(22)24-12)10-13-4-2-3-5-14(13)18(17)25-16(21)11-20-6-8-23-9-7-20/h12-15,17-18H,2-11H2,1H3/t12-,13+,14-,15-,17-,18+/m0/s1. The van der Waals surface area contributed by atoms with Gasteiger partial charge in [0.2, 0.25) is 0 Å². The number of esters is 2. The molecule has 0 bridgehead atoms. The van der Waals surface area contributed by atoms with E-state index >= 15 is 0 Å². The number of carbonyl (C=O) groups is 2. The van der Waals surface area contributed by atoms with Gasteiger partial charge in [-0.05, 0) is 31.6 Å². The lowest BCUT2D eigenvalue weighted by Crippen LogP contribution is -2.50. The largest absolute Gasteiger partial charge is 0.462 e. The van der Waals surface area contributed by atoms with Gasteiger partial charge in [0.25, 0.3) is 0 Å². The molecule has 4 fully saturated rings. The Hall–Kier alpha value is -1.14. The van der Waals surface area contributed by atoms with Crippen molar-refractivity contribution in [1.82, 2.24) is 4.90 Å². The zero-order chi connectivity index (χ0) is 17.4. The quantitative estimate of drug-likeness (QED) is 0.720. The second-order valence-electron chi connectivity index (χ2n) is 8.11. The smallest absolute Gasteiger partial charge is 0.320 e. The van der Waals surface area contributed by atoms with E-state index in [-0.39, 0.29) is 36.0 Å². The summed E-state index contributed by atoms with van der Waals surface area (Å²) in [6.45, 7) is 5.16. The number of rotatable bonds is 3. The summed E-state index contributed by atoms with van der Waals surface area (Å²) in [4.78, 5) is 26.9. The molecule has 2 saturated carbocycles. The highest BCUT2D eigenvalue weighted by molar-refractivity contribution is 5.76. The predicted molar refractivity (Wildman–Crippen MR) is 89.7 cm³/mol. The van der Waals surface area contributed by atoms with E-state index in [0.29, 0.717) is 31.6 Å². The fourth-order valence-electron chi connectivity index (χ4n) is 5.45. The van der Waals surface area contributed by atoms with Crippen LogP contribution in [0.1, 0.15) is 39.0 Å². The molecule has 6 atom stereocenters. The third kappa shape index (κ3) is 3.43. The summed E-state index contributed by atoms with van der Waals surface area (Å²) in [5.41, 5.74) is 0. The highest BCUT2D eigenvalue weighted by atomic mass is 16.6. The van der Waals surface area contributed by atoms with Gasteiger partial charge in [0, 0.05) is 19.0 Å². The molecular formula is C19H29NO5. The van der Waals surface area contributed by atoms with Crippen LogP contribution >= 0.6 is 0 Å². The number of hydrogen-bond donors (Lipinski definition) is 0. The molecule has 4 aliphatic rings. The maximum Gasteiger partial charge on any atom is 0.320 e. The van der Waals surface area contributed by atoms with Crippen molar-refractivity contribution in [3.8, 4) is 0 Å². The molecule has 6 heteroatoms. The fraction of sp³-hybridized carbons (Fsp3) is 0.895. The van der Waals surface area contributed by atoms with Crippen LogP contribution in [-0.2, 0) is 23.8 Å². The summed E-state index contributed by atoms with van der Waals surface area (Å²) in [6, 6.07) is 0. The molecule has 6 nitrogen and oxygen atoms in total. The Morgan fingerprint density at radius 1 is 1.24 bits per heavy atom. The molecule has 0 aromatic rings. The predicted octanol–water partition coefficient (Wildman–Crippen LogP) is 1.62. The van der Waals surface area contributed by atoms with Crippen LogP contribution in [0.3, 0.4) is 0 Å². The van der Waals surface area contributed by atoms with Crippen molar-refractivity contribution in [1.29, 1.82) is 0 Å². The Bertz CT molecular complexity index is 518. The summed E-state index contributed by atoms with van der Waals surface area (Å²) in [5.74, 6) is 0.574. The molecule has 25 heavy (non-hydrogen) atoms. The molecule has 2 aliphatic heterocycles. The Morgan fingerprint density at radius 2 is 2.00 bits per heavy atom. The molecule has 0 N–H and O–H groups in total. The molecule has 0 spiro atoms. The van der Waals surface area contributed by atoms with Gasteiger partial charge in [0.15, 0.2) is 0 Å². The van der Waals surface area contributed by atoms with Crippen molar-refractivity contribution in [2.24, 2.45) is 23.7 Å². The van der Waals surface area contributed by atoms with Crippen LogP contribution in [0.2, 0.25) is 0 Å². The zero-order valence-corrected chi connectivity index (χ0v) is 15.0. The SMILES string of the molecule is C[C@@H]1OC(=O)[C@H]2C[C@H]3CCCC[C@@H]3[C@@H](OC(=O)CN3CCOCC3)[C@@H]12. The highest BCUT2D eigenvalue weighted by Gasteiger charge is 2.56. The molecule has 4 rings (SSSR count). The minimum Gasteiger partial charge on any atom is -0.462 e. The second kappa shape index (κ2) is 7.23. The molecule has 140 valence electrons. The summed E-state index contributed by atoms with van der Waals surface area (Å²) in [5, 5.41) is 0. The number of fused-ring (bicyclic) bond motifs is 2. The number of hydrogen-bond acceptors (Lipinski definition) is 6. The third-order valence-corrected chi connectivity index (χ3v) is 6.66. The second-order valence-corrected chi connectivity index (χ2v) is 8.11. The number of morpholine rings is 1. The van der Waals surface area contributed by atoms with E-state index in [0.717, 1.165) is 32.4 Å². The topological polar surface area (TPSA) is 65.1 Å². The first kappa shape index (κ1) is 17.3. The molecular weight excluding hydrogens is 322 g/mol. The van der Waals surface area contributed by atoms with Crippen LogP contribution in [0.15, 0.2) is 0 Å². The van der Waals surface area contributed by atoms with Gasteiger partial charge in [-0.2, -0.15) is 0 Å². The van der Waals surface area contributed by atoms with Crippen molar-refractivity contribution < 1.29 is 23.8 Å². The lowest BCUT2D eigenvalue weighted by atomic mass is 9.61. The van der Waals surface area contributed by atoms with E-state index in [4.69, 9.17) is 14.2 Å². The number of cyclic esters (lactones) is 1. The van der Waals surface area contributed by atoms with Crippen LogP contribution in [0.25, 0.3) is 0 Å². The van der Waals surface area contributed by atoms with Crippen LogP contribution in [0, 0.1) is 23.7 Å². The first-order valence-electron chi connectivity index (χ1n) is 9.83. The Kier molecular flexibility index (Phi) is 5.00. The first-order chi connectivity index (χ1) is 12.1. The van der Waals surface area contributed by atoms with Gasteiger partial charge >= 0.3 is 11.9 Å². The first-order valence-corrected chi connectivity index (χ1v) is 9.83. The summed E-state index contributed by atoms with van der Waals surface area (Å²) in [6.07, 6.45) is 5.25. The van der Waals surface area contributed by atoms with E-state index in [2.05, 4.69) is 4.90 Å². The maximum atomic E-state index is 12.6. The fourth-order valence-corrected chi connectivity index (χ4v) is 5.45. The lowest BCUT2D eigenvalue weighted by Gasteiger charge is -2.46. The van der Waals surface area contributed by atoms with Gasteiger partial charge in [-0.3, -0.25) is 14.5 Å². The number of ether oxygens (including phenoxy) is 3. The Labute approximate surface area is 149 Å². The average Bonchev–Trinajstić information content (AvgIpc) is 2.89. The van der Waals surface area contributed by atoms with Crippen molar-refractivity contribution in [3.63, 3.8) is 0 Å². The minimum absolute atomic E-state index is 0.0282. The number of nitrogens with zero attached hydrogens (tertiary/aromatic N) is 1. The molecule has 2 saturated heterocycles. The van der Waals surface area contributed by atoms with Crippen LogP contribution in [0.4, 0.5) is 0 Å². The van der Waals surface area contributed by atoms with Crippen molar-refractivity contribution in [3.05, 3.63) is 0 Å². The summed E-state index contributed by atoms with van der Waals surface area (Å²) < 4.78 is 16.9. The van der Waals surface area contributed by atoms with Gasteiger partial charge in [-0.1, -0.05) is 19.3 Å². The van der Waals surface area contributed by atoms with Crippen LogP contribution in [0.5, 0.6) is 0 Å². The van der Waals surface area contributed by atoms with E-state index in [1.165, 1.54) is 12.8 Å². The summed E-state index contributed by atoms with van der Waals surface area (Å²) >= 11 is 0. The highest BCUT2D eigenvalue weighted by Crippen LogP contribution is 2.51. The minimum atomic E-state index is -0.168. The summed E-state index contributed by atoms with van der Waals surface area (Å²) in [7, 11) is 0. The molecule has 0 amide bonds. The molecule has 2 heterocycles. The van der Waals surface area contributed by atoms with Gasteiger partial charge in [-0.15, -0.1) is 0 Å². The average molecular weight is 351 g/mol. The van der Waals surface area contributed by atoms with E-state index < -0.39 is 0 Å². The maximum absolute atomic E-state index is 12.6.